The topological polar surface area (TPSA) is 29.5 Å². The lowest BCUT2D eigenvalue weighted by Crippen LogP contribution is -2.32. The molecule has 2 rings (SSSR count). The summed E-state index contributed by atoms with van der Waals surface area (Å²) < 4.78 is 5.15. The highest BCUT2D eigenvalue weighted by Gasteiger charge is 2.32. The molecule has 1 amide bonds. The van der Waals surface area contributed by atoms with Crippen molar-refractivity contribution in [3.05, 3.63) is 29.8 Å². The number of likely N-dealkylation sites (tertiary alicyclic amines) is 1. The highest BCUT2D eigenvalue weighted by Crippen LogP contribution is 2.31. The average Bonchev–Trinajstić information content (AvgIpc) is 2.69. The molecule has 17 heavy (non-hydrogen) atoms. The SMILES string of the molecule is COc1ccc(C(C)C2CCC(=O)N2C)cc1. The highest BCUT2D eigenvalue weighted by atomic mass is 16.5. The van der Waals surface area contributed by atoms with Crippen molar-refractivity contribution in [1.82, 2.24) is 4.90 Å². The lowest BCUT2D eigenvalue weighted by Gasteiger charge is -2.26. The van der Waals surface area contributed by atoms with Crippen molar-refractivity contribution < 1.29 is 9.53 Å². The van der Waals surface area contributed by atoms with E-state index >= 15 is 0 Å². The molecule has 1 aliphatic heterocycles. The van der Waals surface area contributed by atoms with Crippen molar-refractivity contribution in [2.45, 2.75) is 31.7 Å². The molecule has 1 aromatic carbocycles. The second kappa shape index (κ2) is 4.78. The van der Waals surface area contributed by atoms with Gasteiger partial charge in [0, 0.05) is 25.4 Å². The van der Waals surface area contributed by atoms with Crippen LogP contribution >= 0.6 is 0 Å². The number of methoxy groups -OCH3 is 1. The monoisotopic (exact) mass is 233 g/mol. The van der Waals surface area contributed by atoms with Gasteiger partial charge in [0.2, 0.25) is 5.91 Å². The van der Waals surface area contributed by atoms with E-state index in [1.54, 1.807) is 7.11 Å². The van der Waals surface area contributed by atoms with E-state index in [9.17, 15) is 4.79 Å². The molecular formula is C14H19NO2. The third-order valence-corrected chi connectivity index (χ3v) is 3.76. The zero-order valence-electron chi connectivity index (χ0n) is 10.6. The number of carbonyl (C=O) groups excluding carboxylic acids is 1. The van der Waals surface area contributed by atoms with E-state index in [0.717, 1.165) is 12.2 Å². The largest absolute Gasteiger partial charge is 0.497 e. The summed E-state index contributed by atoms with van der Waals surface area (Å²) in [6, 6.07) is 8.45. The number of ether oxygens (including phenoxy) is 1. The number of hydrogen-bond acceptors (Lipinski definition) is 2. The molecule has 1 heterocycles. The van der Waals surface area contributed by atoms with Crippen molar-refractivity contribution in [3.8, 4) is 5.75 Å². The van der Waals surface area contributed by atoms with Crippen LogP contribution in [0.4, 0.5) is 0 Å². The summed E-state index contributed by atoms with van der Waals surface area (Å²) in [5, 5.41) is 0. The molecule has 1 aromatic rings. The van der Waals surface area contributed by atoms with Gasteiger partial charge in [-0.3, -0.25) is 4.79 Å². The fourth-order valence-electron chi connectivity index (χ4n) is 2.54. The molecule has 92 valence electrons. The normalized spacial score (nSPS) is 21.7. The van der Waals surface area contributed by atoms with Crippen LogP contribution in [0.5, 0.6) is 5.75 Å². The van der Waals surface area contributed by atoms with Gasteiger partial charge in [-0.25, -0.2) is 0 Å². The van der Waals surface area contributed by atoms with Gasteiger partial charge in [-0.15, -0.1) is 0 Å². The zero-order valence-corrected chi connectivity index (χ0v) is 10.6. The summed E-state index contributed by atoms with van der Waals surface area (Å²) >= 11 is 0. The van der Waals surface area contributed by atoms with Crippen LogP contribution in [0.25, 0.3) is 0 Å². The summed E-state index contributed by atoms with van der Waals surface area (Å²) in [5.41, 5.74) is 1.26. The Bertz CT molecular complexity index is 399. The molecule has 3 nitrogen and oxygen atoms in total. The van der Waals surface area contributed by atoms with Crippen LogP contribution in [0.1, 0.15) is 31.2 Å². The Kier molecular flexibility index (Phi) is 3.36. The second-order valence-corrected chi connectivity index (χ2v) is 4.67. The predicted octanol–water partition coefficient (Wildman–Crippen LogP) is 2.42. The number of likely N-dealkylation sites (N-methyl/N-ethyl adjacent to an activating group) is 1. The third kappa shape index (κ3) is 2.28. The zero-order chi connectivity index (χ0) is 12.4. The van der Waals surface area contributed by atoms with E-state index in [4.69, 9.17) is 4.74 Å². The molecule has 1 saturated heterocycles. The van der Waals surface area contributed by atoms with Gasteiger partial charge in [0.05, 0.1) is 7.11 Å². The number of nitrogens with zero attached hydrogens (tertiary/aromatic N) is 1. The standard InChI is InChI=1S/C14H19NO2/c1-10(13-8-9-14(16)15(13)2)11-4-6-12(17-3)7-5-11/h4-7,10,13H,8-9H2,1-3H3. The molecule has 0 N–H and O–H groups in total. The first-order valence-electron chi connectivity index (χ1n) is 6.03. The Morgan fingerprint density at radius 1 is 1.35 bits per heavy atom. The van der Waals surface area contributed by atoms with E-state index in [1.165, 1.54) is 5.56 Å². The summed E-state index contributed by atoms with van der Waals surface area (Å²) in [6.45, 7) is 2.18. The van der Waals surface area contributed by atoms with E-state index in [-0.39, 0.29) is 5.91 Å². The highest BCUT2D eigenvalue weighted by molar-refractivity contribution is 5.78. The molecule has 1 aliphatic rings. The van der Waals surface area contributed by atoms with Gasteiger partial charge >= 0.3 is 0 Å². The predicted molar refractivity (Wildman–Crippen MR) is 67.2 cm³/mol. The van der Waals surface area contributed by atoms with Crippen molar-refractivity contribution in [2.75, 3.05) is 14.2 Å². The fraction of sp³-hybridized carbons (Fsp3) is 0.500. The molecule has 0 saturated carbocycles. The van der Waals surface area contributed by atoms with Crippen LogP contribution in [0.3, 0.4) is 0 Å². The number of carbonyl (C=O) groups is 1. The molecule has 0 radical (unpaired) electrons. The number of amides is 1. The molecule has 0 aromatic heterocycles. The van der Waals surface area contributed by atoms with Crippen molar-refractivity contribution in [1.29, 1.82) is 0 Å². The molecule has 3 heteroatoms. The maximum absolute atomic E-state index is 11.5. The lowest BCUT2D eigenvalue weighted by molar-refractivity contribution is -0.127. The Balaban J connectivity index is 2.13. The van der Waals surface area contributed by atoms with Crippen LogP contribution in [0, 0.1) is 0 Å². The summed E-state index contributed by atoms with van der Waals surface area (Å²) in [6.07, 6.45) is 1.64. The molecule has 0 spiro atoms. The quantitative estimate of drug-likeness (QED) is 0.802. The second-order valence-electron chi connectivity index (χ2n) is 4.67. The van der Waals surface area contributed by atoms with Gasteiger partial charge in [0.25, 0.3) is 0 Å². The average molecular weight is 233 g/mol. The van der Waals surface area contributed by atoms with Crippen LogP contribution < -0.4 is 4.74 Å². The van der Waals surface area contributed by atoms with E-state index < -0.39 is 0 Å². The Hall–Kier alpha value is -1.51. The Morgan fingerprint density at radius 2 is 2.00 bits per heavy atom. The smallest absolute Gasteiger partial charge is 0.222 e. The first-order valence-corrected chi connectivity index (χ1v) is 6.03. The molecule has 0 aliphatic carbocycles. The van der Waals surface area contributed by atoms with E-state index in [2.05, 4.69) is 19.1 Å². The maximum atomic E-state index is 11.5. The van der Waals surface area contributed by atoms with Gasteiger partial charge in [-0.05, 0) is 24.1 Å². The van der Waals surface area contributed by atoms with E-state index in [1.807, 2.05) is 24.1 Å². The lowest BCUT2D eigenvalue weighted by atomic mass is 9.92. The Labute approximate surface area is 102 Å². The minimum Gasteiger partial charge on any atom is -0.497 e. The van der Waals surface area contributed by atoms with Crippen molar-refractivity contribution in [3.63, 3.8) is 0 Å². The minimum atomic E-state index is 0.260. The fourth-order valence-corrected chi connectivity index (χ4v) is 2.54. The van der Waals surface area contributed by atoms with Crippen LogP contribution in [0.15, 0.2) is 24.3 Å². The van der Waals surface area contributed by atoms with Crippen molar-refractivity contribution >= 4 is 5.91 Å². The molecule has 0 bridgehead atoms. The summed E-state index contributed by atoms with van der Waals surface area (Å²) in [4.78, 5) is 13.4. The summed E-state index contributed by atoms with van der Waals surface area (Å²) in [7, 11) is 3.57. The maximum Gasteiger partial charge on any atom is 0.222 e. The number of rotatable bonds is 3. The molecule has 2 unspecified atom stereocenters. The summed E-state index contributed by atoms with van der Waals surface area (Å²) in [5.74, 6) is 1.50. The minimum absolute atomic E-state index is 0.260. The molecule has 2 atom stereocenters. The first kappa shape index (κ1) is 12.0. The molecule has 1 fully saturated rings. The molecular weight excluding hydrogens is 214 g/mol. The van der Waals surface area contributed by atoms with Crippen LogP contribution in [0.2, 0.25) is 0 Å². The van der Waals surface area contributed by atoms with Crippen molar-refractivity contribution in [2.24, 2.45) is 0 Å². The van der Waals surface area contributed by atoms with Gasteiger partial charge in [-0.1, -0.05) is 19.1 Å². The Morgan fingerprint density at radius 3 is 2.47 bits per heavy atom. The first-order chi connectivity index (χ1) is 8.13. The van der Waals surface area contributed by atoms with Gasteiger partial charge in [-0.2, -0.15) is 0 Å². The van der Waals surface area contributed by atoms with Gasteiger partial charge in [0.15, 0.2) is 0 Å². The number of benzene rings is 1. The van der Waals surface area contributed by atoms with Crippen LogP contribution in [-0.2, 0) is 4.79 Å². The van der Waals surface area contributed by atoms with Gasteiger partial charge in [0.1, 0.15) is 5.75 Å². The van der Waals surface area contributed by atoms with E-state index in [0.29, 0.717) is 18.4 Å². The van der Waals surface area contributed by atoms with Crippen LogP contribution in [-0.4, -0.2) is 31.0 Å². The third-order valence-electron chi connectivity index (χ3n) is 3.76. The number of hydrogen-bond donors (Lipinski definition) is 0. The van der Waals surface area contributed by atoms with Gasteiger partial charge < -0.3 is 9.64 Å².